The van der Waals surface area contributed by atoms with Crippen LogP contribution >= 0.6 is 11.3 Å². The summed E-state index contributed by atoms with van der Waals surface area (Å²) in [6.07, 6.45) is 9.95. The number of thiophene rings is 1. The van der Waals surface area contributed by atoms with Gasteiger partial charge in [0, 0.05) is 40.8 Å². The summed E-state index contributed by atoms with van der Waals surface area (Å²) in [7, 11) is 0. The summed E-state index contributed by atoms with van der Waals surface area (Å²) in [5, 5.41) is 0.729. The normalized spacial score (nSPS) is 13.3. The third kappa shape index (κ3) is 3.75. The number of aromatic amines is 1. The Kier molecular flexibility index (Phi) is 5.61. The number of fused-ring (bicyclic) bond motifs is 3. The summed E-state index contributed by atoms with van der Waals surface area (Å²) >= 11 is 1.64. The van der Waals surface area contributed by atoms with Gasteiger partial charge in [0.2, 0.25) is 5.43 Å². The van der Waals surface area contributed by atoms with E-state index in [-0.39, 0.29) is 23.3 Å². The average molecular weight is 449 g/mol. The van der Waals surface area contributed by atoms with Crippen LogP contribution in [0.3, 0.4) is 0 Å². The van der Waals surface area contributed by atoms with Crippen LogP contribution < -0.4 is 15.7 Å². The van der Waals surface area contributed by atoms with Crippen molar-refractivity contribution in [2.75, 3.05) is 6.61 Å². The van der Waals surface area contributed by atoms with Gasteiger partial charge in [-0.25, -0.2) is 4.98 Å². The van der Waals surface area contributed by atoms with E-state index in [9.17, 15) is 9.59 Å². The maximum absolute atomic E-state index is 13.8. The van der Waals surface area contributed by atoms with E-state index in [4.69, 9.17) is 9.72 Å². The number of nitrogens with one attached hydrogen (secondary N) is 1. The number of pyridine rings is 2. The number of H-pyrrole nitrogens is 1. The Morgan fingerprint density at radius 1 is 1.19 bits per heavy atom. The lowest BCUT2D eigenvalue weighted by molar-refractivity contribution is 0.313. The monoisotopic (exact) mass is 448 g/mol. The van der Waals surface area contributed by atoms with E-state index in [2.05, 4.69) is 9.97 Å². The van der Waals surface area contributed by atoms with Crippen molar-refractivity contribution in [1.29, 1.82) is 0 Å². The largest absolute Gasteiger partial charge is 0.488 e. The molecule has 4 aromatic heterocycles. The molecule has 0 atom stereocenters. The molecule has 5 rings (SSSR count). The molecule has 7 nitrogen and oxygen atoms in total. The molecule has 0 aliphatic heterocycles. The molecule has 0 saturated heterocycles. The smallest absolute Gasteiger partial charge is 0.263 e. The van der Waals surface area contributed by atoms with E-state index in [0.717, 1.165) is 53.4 Å². The molecule has 32 heavy (non-hydrogen) atoms. The summed E-state index contributed by atoms with van der Waals surface area (Å²) < 4.78 is 7.15. The average Bonchev–Trinajstić information content (AvgIpc) is 3.19. The second-order valence-corrected chi connectivity index (χ2v) is 9.07. The highest BCUT2D eigenvalue weighted by Gasteiger charge is 2.23. The van der Waals surface area contributed by atoms with Crippen LogP contribution in [-0.4, -0.2) is 26.1 Å². The van der Waals surface area contributed by atoms with Crippen LogP contribution in [0.2, 0.25) is 0 Å². The second kappa shape index (κ2) is 8.70. The van der Waals surface area contributed by atoms with E-state index in [1.54, 1.807) is 34.5 Å². The van der Waals surface area contributed by atoms with Gasteiger partial charge in [-0.1, -0.05) is 6.92 Å². The molecule has 0 spiro atoms. The number of hydrogen-bond acceptors (Lipinski definition) is 6. The molecule has 0 aromatic carbocycles. The molecule has 4 heterocycles. The first kappa shape index (κ1) is 20.6. The summed E-state index contributed by atoms with van der Waals surface area (Å²) in [6.45, 7) is 2.69. The van der Waals surface area contributed by atoms with Crippen LogP contribution in [0.25, 0.3) is 21.6 Å². The topological polar surface area (TPSA) is 89.9 Å². The summed E-state index contributed by atoms with van der Waals surface area (Å²) in [4.78, 5) is 40.4. The Balaban J connectivity index is 1.65. The van der Waals surface area contributed by atoms with Gasteiger partial charge in [-0.05, 0) is 49.8 Å². The number of hydrogen-bond donors (Lipinski definition) is 1. The first-order chi connectivity index (χ1) is 15.7. The van der Waals surface area contributed by atoms with Crippen LogP contribution in [0, 0.1) is 0 Å². The van der Waals surface area contributed by atoms with Gasteiger partial charge >= 0.3 is 0 Å². The minimum Gasteiger partial charge on any atom is -0.488 e. The van der Waals surface area contributed by atoms with E-state index in [1.165, 1.54) is 10.9 Å². The Morgan fingerprint density at radius 2 is 2.00 bits per heavy atom. The van der Waals surface area contributed by atoms with E-state index in [0.29, 0.717) is 18.1 Å². The van der Waals surface area contributed by atoms with Crippen LogP contribution in [0.1, 0.15) is 42.3 Å². The van der Waals surface area contributed by atoms with E-state index in [1.807, 2.05) is 19.1 Å². The maximum Gasteiger partial charge on any atom is 0.263 e. The molecular formula is C24H24N4O3S. The van der Waals surface area contributed by atoms with Crippen molar-refractivity contribution in [3.8, 4) is 17.1 Å². The molecule has 0 radical (unpaired) electrons. The number of ether oxygens (including phenoxy) is 1. The molecule has 0 unspecified atom stereocenters. The maximum atomic E-state index is 13.8. The summed E-state index contributed by atoms with van der Waals surface area (Å²) in [5.74, 6) is 0.869. The number of aromatic nitrogens is 4. The van der Waals surface area contributed by atoms with Gasteiger partial charge in [-0.3, -0.25) is 19.1 Å². The molecule has 8 heteroatoms. The van der Waals surface area contributed by atoms with Gasteiger partial charge in [-0.15, -0.1) is 11.3 Å². The quantitative estimate of drug-likeness (QED) is 0.483. The highest BCUT2D eigenvalue weighted by atomic mass is 32.1. The molecular weight excluding hydrogens is 424 g/mol. The molecule has 0 saturated carbocycles. The predicted octanol–water partition coefficient (Wildman–Crippen LogP) is 3.92. The number of rotatable bonds is 6. The summed E-state index contributed by atoms with van der Waals surface area (Å²) in [6, 6.07) is 5.20. The van der Waals surface area contributed by atoms with Crippen molar-refractivity contribution in [2.24, 2.45) is 0 Å². The zero-order valence-electron chi connectivity index (χ0n) is 17.9. The van der Waals surface area contributed by atoms with Crippen molar-refractivity contribution in [1.82, 2.24) is 19.5 Å². The third-order valence-corrected chi connectivity index (χ3v) is 6.93. The van der Waals surface area contributed by atoms with Gasteiger partial charge in [0.15, 0.2) is 5.75 Å². The standard InChI is InChI=1S/C24H24N4O3S/c1-2-11-31-19-13-26-16(12-18(19)29)14-28-22(15-7-9-25-10-8-15)27-23-21(24(28)30)17-5-3-4-6-20(17)32-23/h7-10,12-13H,2-6,11,14H2,1H3,(H,26,29). The first-order valence-corrected chi connectivity index (χ1v) is 11.8. The number of aryl methyl sites for hydroxylation is 2. The van der Waals surface area contributed by atoms with E-state index < -0.39 is 0 Å². The molecule has 0 fully saturated rings. The SMILES string of the molecule is CCCOc1c[nH]c(Cn2c(-c3ccncc3)nc3sc4c(c3c2=O)CCCC4)cc1=O. The molecule has 0 bridgehead atoms. The predicted molar refractivity (Wildman–Crippen MR) is 126 cm³/mol. The Morgan fingerprint density at radius 3 is 2.78 bits per heavy atom. The second-order valence-electron chi connectivity index (χ2n) is 7.99. The van der Waals surface area contributed by atoms with Crippen LogP contribution in [0.15, 0.2) is 46.4 Å². The van der Waals surface area contributed by atoms with Crippen molar-refractivity contribution >= 4 is 21.6 Å². The van der Waals surface area contributed by atoms with Gasteiger partial charge in [0.25, 0.3) is 5.56 Å². The molecule has 164 valence electrons. The Bertz CT molecular complexity index is 1390. The van der Waals surface area contributed by atoms with E-state index >= 15 is 0 Å². The minimum absolute atomic E-state index is 0.0617. The van der Waals surface area contributed by atoms with Gasteiger partial charge in [0.1, 0.15) is 10.7 Å². The van der Waals surface area contributed by atoms with Gasteiger partial charge < -0.3 is 9.72 Å². The molecule has 1 aliphatic carbocycles. The highest BCUT2D eigenvalue weighted by molar-refractivity contribution is 7.18. The number of nitrogens with zero attached hydrogens (tertiary/aromatic N) is 3. The lowest BCUT2D eigenvalue weighted by atomic mass is 9.97. The van der Waals surface area contributed by atoms with Crippen LogP contribution in [0.5, 0.6) is 5.75 Å². The minimum atomic E-state index is -0.201. The van der Waals surface area contributed by atoms with Crippen molar-refractivity contribution in [2.45, 2.75) is 45.6 Å². The molecule has 0 amide bonds. The van der Waals surface area contributed by atoms with Crippen molar-refractivity contribution in [3.63, 3.8) is 0 Å². The summed E-state index contributed by atoms with van der Waals surface area (Å²) in [5.41, 5.74) is 2.33. The zero-order chi connectivity index (χ0) is 22.1. The molecule has 1 aliphatic rings. The lowest BCUT2D eigenvalue weighted by Crippen LogP contribution is -2.25. The third-order valence-electron chi connectivity index (χ3n) is 5.74. The Labute approximate surface area is 188 Å². The zero-order valence-corrected chi connectivity index (χ0v) is 18.7. The fourth-order valence-electron chi connectivity index (χ4n) is 4.19. The van der Waals surface area contributed by atoms with Gasteiger partial charge in [0.05, 0.1) is 18.5 Å². The fraction of sp³-hybridized carbons (Fsp3) is 0.333. The van der Waals surface area contributed by atoms with Crippen LogP contribution in [0.4, 0.5) is 0 Å². The lowest BCUT2D eigenvalue weighted by Gasteiger charge is -2.14. The molecule has 4 aromatic rings. The van der Waals surface area contributed by atoms with Gasteiger partial charge in [-0.2, -0.15) is 0 Å². The first-order valence-electron chi connectivity index (χ1n) is 11.0. The fourth-order valence-corrected chi connectivity index (χ4v) is 5.45. The van der Waals surface area contributed by atoms with Crippen molar-refractivity contribution in [3.05, 3.63) is 73.5 Å². The highest BCUT2D eigenvalue weighted by Crippen LogP contribution is 2.34. The van der Waals surface area contributed by atoms with Crippen molar-refractivity contribution < 1.29 is 4.74 Å². The molecule has 1 N–H and O–H groups in total. The van der Waals surface area contributed by atoms with Crippen LogP contribution in [-0.2, 0) is 19.4 Å². The Hall–Kier alpha value is -3.26.